The highest BCUT2D eigenvalue weighted by molar-refractivity contribution is 5.81. The van der Waals surface area contributed by atoms with Crippen molar-refractivity contribution < 1.29 is 14.6 Å². The van der Waals surface area contributed by atoms with E-state index in [0.29, 0.717) is 12.5 Å². The first kappa shape index (κ1) is 27.2. The van der Waals surface area contributed by atoms with Gasteiger partial charge in [0.15, 0.2) is 0 Å². The van der Waals surface area contributed by atoms with Crippen LogP contribution in [-0.2, 0) is 22.4 Å². The molecule has 0 aromatic heterocycles. The second-order valence-corrected chi connectivity index (χ2v) is 10.1. The van der Waals surface area contributed by atoms with Gasteiger partial charge in [-0.25, -0.2) is 4.79 Å². The number of hydrogen-bond acceptors (Lipinski definition) is 3. The third kappa shape index (κ3) is 8.65. The van der Waals surface area contributed by atoms with Crippen LogP contribution in [0.1, 0.15) is 93.7 Å². The van der Waals surface area contributed by atoms with E-state index >= 15 is 0 Å². The van der Waals surface area contributed by atoms with Crippen LogP contribution in [0.25, 0.3) is 11.1 Å². The zero-order chi connectivity index (χ0) is 24.9. The lowest BCUT2D eigenvalue weighted by Gasteiger charge is -2.29. The first-order valence-electron chi connectivity index (χ1n) is 13.8. The minimum absolute atomic E-state index is 0.195. The number of carbonyl (C=O) groups is 1. The van der Waals surface area contributed by atoms with E-state index in [2.05, 4.69) is 56.0 Å². The van der Waals surface area contributed by atoms with Gasteiger partial charge in [0.1, 0.15) is 0 Å². The van der Waals surface area contributed by atoms with Gasteiger partial charge in [-0.2, -0.15) is 0 Å². The summed E-state index contributed by atoms with van der Waals surface area (Å²) in [5.74, 6) is 1.28. The Balaban J connectivity index is 1.62. The zero-order valence-corrected chi connectivity index (χ0v) is 21.6. The quantitative estimate of drug-likeness (QED) is 0.172. The van der Waals surface area contributed by atoms with Crippen molar-refractivity contribution in [1.82, 2.24) is 0 Å². The summed E-state index contributed by atoms with van der Waals surface area (Å²) in [6, 6.07) is 15.9. The molecule has 1 aliphatic rings. The van der Waals surface area contributed by atoms with Gasteiger partial charge >= 0.3 is 5.97 Å². The normalized spacial score (nSPS) is 17.8. The third-order valence-electron chi connectivity index (χ3n) is 7.59. The molecule has 3 nitrogen and oxygen atoms in total. The Morgan fingerprint density at radius 2 is 1.66 bits per heavy atom. The Morgan fingerprint density at radius 3 is 2.34 bits per heavy atom. The highest BCUT2D eigenvalue weighted by atomic mass is 16.5. The molecule has 35 heavy (non-hydrogen) atoms. The summed E-state index contributed by atoms with van der Waals surface area (Å²) in [6.45, 7) is 6.32. The van der Waals surface area contributed by atoms with E-state index in [-0.39, 0.29) is 12.6 Å². The summed E-state index contributed by atoms with van der Waals surface area (Å²) in [6.07, 6.45) is 15.4. The number of aryl methyl sites for hydroxylation is 2. The third-order valence-corrected chi connectivity index (χ3v) is 7.59. The molecule has 3 heteroatoms. The average molecular weight is 477 g/mol. The van der Waals surface area contributed by atoms with Crippen LogP contribution >= 0.6 is 0 Å². The summed E-state index contributed by atoms with van der Waals surface area (Å²) in [5.41, 5.74) is 6.50. The maximum Gasteiger partial charge on any atom is 0.330 e. The van der Waals surface area contributed by atoms with Crippen LogP contribution < -0.4 is 0 Å². The predicted octanol–water partition coefficient (Wildman–Crippen LogP) is 7.79. The maximum absolute atomic E-state index is 11.3. The lowest BCUT2D eigenvalue weighted by atomic mass is 9.77. The molecule has 0 aliphatic heterocycles. The first-order chi connectivity index (χ1) is 17.1. The van der Waals surface area contributed by atoms with Crippen molar-refractivity contribution in [1.29, 1.82) is 0 Å². The topological polar surface area (TPSA) is 46.5 Å². The zero-order valence-electron chi connectivity index (χ0n) is 21.6. The highest BCUT2D eigenvalue weighted by Gasteiger charge is 2.22. The molecule has 0 spiro atoms. The van der Waals surface area contributed by atoms with Crippen LogP contribution in [-0.4, -0.2) is 24.3 Å². The van der Waals surface area contributed by atoms with Gasteiger partial charge in [0.2, 0.25) is 0 Å². The Kier molecular flexibility index (Phi) is 11.6. The van der Waals surface area contributed by atoms with Gasteiger partial charge in [0.05, 0.1) is 6.61 Å². The molecule has 2 aromatic rings. The molecule has 1 fully saturated rings. The van der Waals surface area contributed by atoms with Crippen molar-refractivity contribution in [3.8, 4) is 11.1 Å². The van der Waals surface area contributed by atoms with E-state index in [4.69, 9.17) is 4.74 Å². The number of ether oxygens (including phenoxy) is 1. The van der Waals surface area contributed by atoms with Gasteiger partial charge in [0, 0.05) is 12.7 Å². The van der Waals surface area contributed by atoms with Gasteiger partial charge in [0.25, 0.3) is 0 Å². The monoisotopic (exact) mass is 476 g/mol. The molecule has 3 rings (SSSR count). The Hall–Kier alpha value is -2.39. The smallest absolute Gasteiger partial charge is 0.330 e. The molecule has 0 radical (unpaired) electrons. The minimum atomic E-state index is -0.371. The van der Waals surface area contributed by atoms with Gasteiger partial charge in [-0.1, -0.05) is 81.7 Å². The van der Waals surface area contributed by atoms with Crippen molar-refractivity contribution in [3.63, 3.8) is 0 Å². The lowest BCUT2D eigenvalue weighted by molar-refractivity contribution is -0.137. The lowest BCUT2D eigenvalue weighted by Crippen LogP contribution is -2.13. The van der Waals surface area contributed by atoms with Crippen LogP contribution in [0.3, 0.4) is 0 Å². The van der Waals surface area contributed by atoms with Crippen molar-refractivity contribution in [2.75, 3.05) is 13.2 Å². The molecule has 1 N–H and O–H groups in total. The molecule has 1 aliphatic carbocycles. The number of benzene rings is 2. The maximum atomic E-state index is 11.3. The Morgan fingerprint density at radius 1 is 0.943 bits per heavy atom. The van der Waals surface area contributed by atoms with E-state index in [1.807, 2.05) is 0 Å². The second-order valence-electron chi connectivity index (χ2n) is 10.1. The van der Waals surface area contributed by atoms with E-state index in [9.17, 15) is 9.90 Å². The molecular formula is C32H44O3. The van der Waals surface area contributed by atoms with Gasteiger partial charge in [-0.15, -0.1) is 0 Å². The fraction of sp³-hybridized carbons (Fsp3) is 0.531. The van der Waals surface area contributed by atoms with Gasteiger partial charge in [-0.3, -0.25) is 0 Å². The number of aliphatic hydroxyl groups excluding tert-OH is 1. The highest BCUT2D eigenvalue weighted by Crippen LogP contribution is 2.38. The van der Waals surface area contributed by atoms with E-state index < -0.39 is 0 Å². The van der Waals surface area contributed by atoms with Gasteiger partial charge < -0.3 is 9.84 Å². The van der Waals surface area contributed by atoms with Crippen molar-refractivity contribution in [3.05, 3.63) is 71.8 Å². The Bertz CT molecular complexity index is 907. The fourth-order valence-electron chi connectivity index (χ4n) is 5.46. The standard InChI is InChI=1S/C32H44O3/c1-3-5-6-9-25-12-14-27(15-13-25)28-16-18-29(19-17-28)31-21-20-26(10-7-22-33)30(24-31)11-8-23-35-32(34)4-2/h4,16-21,24-25,27,33H,2-3,5-15,22-23H2,1H3. The minimum Gasteiger partial charge on any atom is -0.463 e. The van der Waals surface area contributed by atoms with E-state index in [0.717, 1.165) is 31.6 Å². The summed E-state index contributed by atoms with van der Waals surface area (Å²) in [4.78, 5) is 11.3. The summed E-state index contributed by atoms with van der Waals surface area (Å²) < 4.78 is 5.15. The van der Waals surface area contributed by atoms with Crippen molar-refractivity contribution in [2.45, 2.75) is 89.9 Å². The molecule has 190 valence electrons. The number of esters is 1. The SMILES string of the molecule is C=CC(=O)OCCCc1cc(-c2ccc(C3CCC(CCCCC)CC3)cc2)ccc1CCCO. The average Bonchev–Trinajstić information content (AvgIpc) is 2.90. The number of rotatable bonds is 14. The van der Waals surface area contributed by atoms with Crippen LogP contribution in [0.4, 0.5) is 0 Å². The molecule has 1 saturated carbocycles. The summed E-state index contributed by atoms with van der Waals surface area (Å²) in [5, 5.41) is 9.28. The molecule has 0 unspecified atom stereocenters. The number of aliphatic hydroxyl groups is 1. The molecular weight excluding hydrogens is 432 g/mol. The first-order valence-corrected chi connectivity index (χ1v) is 13.8. The predicted molar refractivity (Wildman–Crippen MR) is 146 cm³/mol. The van der Waals surface area contributed by atoms with E-state index in [1.165, 1.54) is 85.3 Å². The number of unbranched alkanes of at least 4 members (excludes halogenated alkanes) is 2. The van der Waals surface area contributed by atoms with Crippen molar-refractivity contribution >= 4 is 5.97 Å². The molecule has 0 saturated heterocycles. The second kappa shape index (κ2) is 14.9. The molecule has 2 aromatic carbocycles. The fourth-order valence-corrected chi connectivity index (χ4v) is 5.46. The van der Waals surface area contributed by atoms with Crippen LogP contribution in [0.5, 0.6) is 0 Å². The largest absolute Gasteiger partial charge is 0.463 e. The van der Waals surface area contributed by atoms with Gasteiger partial charge in [-0.05, 0) is 91.0 Å². The van der Waals surface area contributed by atoms with Crippen LogP contribution in [0.15, 0.2) is 55.1 Å². The summed E-state index contributed by atoms with van der Waals surface area (Å²) >= 11 is 0. The Labute approximate surface area is 212 Å². The summed E-state index contributed by atoms with van der Waals surface area (Å²) in [7, 11) is 0. The van der Waals surface area contributed by atoms with Crippen LogP contribution in [0.2, 0.25) is 0 Å². The molecule has 0 bridgehead atoms. The molecule has 0 atom stereocenters. The van der Waals surface area contributed by atoms with E-state index in [1.54, 1.807) is 0 Å². The van der Waals surface area contributed by atoms with Crippen molar-refractivity contribution in [2.24, 2.45) is 5.92 Å². The van der Waals surface area contributed by atoms with Crippen LogP contribution in [0, 0.1) is 5.92 Å². The molecule has 0 heterocycles. The number of carbonyl (C=O) groups excluding carboxylic acids is 1. The molecule has 0 amide bonds. The number of hydrogen-bond donors (Lipinski definition) is 1.